The summed E-state index contributed by atoms with van der Waals surface area (Å²) in [4.78, 5) is 0. The number of rotatable bonds is 2. The van der Waals surface area contributed by atoms with E-state index >= 15 is 0 Å². The second kappa shape index (κ2) is 7.11. The Morgan fingerprint density at radius 3 is 2.14 bits per heavy atom. The van der Waals surface area contributed by atoms with E-state index in [1.54, 1.807) is 13.8 Å². The summed E-state index contributed by atoms with van der Waals surface area (Å²) in [5, 5.41) is 45.0. The minimum Gasteiger partial charge on any atom is -0.390 e. The SMILES string of the molecule is C[C@@H]1C[C@H]([C@H](O)C(C)(C)O)O[C@H]2[C@H]1[C@@]1(C)CC[C@@]34C[C@@]35CCC(C)(O)C(C)(C)[C@@H]5CC[C@H]4[C@]1(C)[C@H]2O. The fourth-order valence-corrected chi connectivity index (χ4v) is 12.1. The van der Waals surface area contributed by atoms with Gasteiger partial charge in [-0.1, -0.05) is 34.6 Å². The molecule has 6 rings (SSSR count). The molecule has 5 aliphatic carbocycles. The Labute approximate surface area is 218 Å². The molecule has 0 amide bonds. The molecule has 1 heterocycles. The Morgan fingerprint density at radius 2 is 1.50 bits per heavy atom. The van der Waals surface area contributed by atoms with Gasteiger partial charge in [0.2, 0.25) is 0 Å². The summed E-state index contributed by atoms with van der Waals surface area (Å²) in [6, 6.07) is 0. The molecule has 4 N–H and O–H groups in total. The largest absolute Gasteiger partial charge is 0.390 e. The summed E-state index contributed by atoms with van der Waals surface area (Å²) in [6.45, 7) is 17.1. The van der Waals surface area contributed by atoms with Gasteiger partial charge in [0.15, 0.2) is 0 Å². The minimum absolute atomic E-state index is 0.0105. The number of fused-ring (bicyclic) bond motifs is 4. The fourth-order valence-electron chi connectivity index (χ4n) is 12.1. The van der Waals surface area contributed by atoms with Crippen LogP contribution in [0.4, 0.5) is 0 Å². The Morgan fingerprint density at radius 1 is 0.917 bits per heavy atom. The molecular formula is C31H52O5. The summed E-state index contributed by atoms with van der Waals surface area (Å²) >= 11 is 0. The highest BCUT2D eigenvalue weighted by molar-refractivity contribution is 5.33. The van der Waals surface area contributed by atoms with Crippen LogP contribution in [0.1, 0.15) is 107 Å². The lowest BCUT2D eigenvalue weighted by molar-refractivity contribution is -0.205. The molecular weight excluding hydrogens is 452 g/mol. The van der Waals surface area contributed by atoms with Crippen LogP contribution in [0.5, 0.6) is 0 Å². The van der Waals surface area contributed by atoms with Crippen LogP contribution in [0.3, 0.4) is 0 Å². The van der Waals surface area contributed by atoms with Gasteiger partial charge in [-0.25, -0.2) is 0 Å². The second-order valence-electron chi connectivity index (χ2n) is 16.3. The number of ether oxygens (including phenoxy) is 1. The molecule has 1 unspecified atom stereocenters. The first-order chi connectivity index (χ1) is 16.4. The molecule has 0 bridgehead atoms. The predicted molar refractivity (Wildman–Crippen MR) is 139 cm³/mol. The van der Waals surface area contributed by atoms with Crippen molar-refractivity contribution in [3.8, 4) is 0 Å². The van der Waals surface area contributed by atoms with Crippen LogP contribution < -0.4 is 0 Å². The van der Waals surface area contributed by atoms with E-state index in [1.807, 2.05) is 0 Å². The van der Waals surface area contributed by atoms with Crippen LogP contribution in [-0.4, -0.2) is 56.0 Å². The number of hydrogen-bond acceptors (Lipinski definition) is 5. The van der Waals surface area contributed by atoms with Gasteiger partial charge in [0, 0.05) is 5.41 Å². The van der Waals surface area contributed by atoms with Gasteiger partial charge in [-0.05, 0) is 117 Å². The number of hydrogen-bond donors (Lipinski definition) is 4. The topological polar surface area (TPSA) is 90.2 Å². The summed E-state index contributed by atoms with van der Waals surface area (Å²) in [5.41, 5.74) is -1.60. The summed E-state index contributed by atoms with van der Waals surface area (Å²) < 4.78 is 6.60. The van der Waals surface area contributed by atoms with Crippen molar-refractivity contribution in [2.45, 2.75) is 142 Å². The van der Waals surface area contributed by atoms with Gasteiger partial charge in [-0.3, -0.25) is 0 Å². The molecule has 0 aromatic rings. The molecule has 0 aromatic heterocycles. The van der Waals surface area contributed by atoms with Gasteiger partial charge >= 0.3 is 0 Å². The lowest BCUT2D eigenvalue weighted by atomic mass is 9.40. The Kier molecular flexibility index (Phi) is 5.14. The van der Waals surface area contributed by atoms with Gasteiger partial charge in [0.1, 0.15) is 6.10 Å². The predicted octanol–water partition coefficient (Wildman–Crippen LogP) is 4.68. The first kappa shape index (κ1) is 26.0. The first-order valence-electron chi connectivity index (χ1n) is 14.9. The molecule has 36 heavy (non-hydrogen) atoms. The Balaban J connectivity index is 1.36. The van der Waals surface area contributed by atoms with Gasteiger partial charge in [0.25, 0.3) is 0 Å². The summed E-state index contributed by atoms with van der Waals surface area (Å²) in [6.07, 6.45) is 6.31. The molecule has 206 valence electrons. The van der Waals surface area contributed by atoms with Crippen molar-refractivity contribution in [2.75, 3.05) is 0 Å². The third-order valence-corrected chi connectivity index (χ3v) is 14.6. The van der Waals surface area contributed by atoms with Gasteiger partial charge < -0.3 is 25.2 Å². The molecule has 1 saturated heterocycles. The van der Waals surface area contributed by atoms with E-state index in [9.17, 15) is 20.4 Å². The van der Waals surface area contributed by atoms with Crippen LogP contribution in [0, 0.1) is 50.7 Å². The van der Waals surface area contributed by atoms with Crippen molar-refractivity contribution in [1.29, 1.82) is 0 Å². The lowest BCUT2D eigenvalue weighted by Crippen LogP contribution is -2.61. The molecule has 0 aromatic carbocycles. The molecule has 6 aliphatic rings. The van der Waals surface area contributed by atoms with E-state index in [-0.39, 0.29) is 33.7 Å². The molecule has 5 nitrogen and oxygen atoms in total. The average Bonchev–Trinajstić information content (AvgIpc) is 3.41. The first-order valence-corrected chi connectivity index (χ1v) is 14.9. The molecule has 13 atom stereocenters. The zero-order chi connectivity index (χ0) is 26.5. The van der Waals surface area contributed by atoms with E-state index in [0.717, 1.165) is 38.5 Å². The van der Waals surface area contributed by atoms with Crippen LogP contribution in [0.15, 0.2) is 0 Å². The molecule has 5 saturated carbocycles. The van der Waals surface area contributed by atoms with Gasteiger partial charge in [0.05, 0.1) is 29.5 Å². The monoisotopic (exact) mass is 504 g/mol. The van der Waals surface area contributed by atoms with E-state index < -0.39 is 29.5 Å². The van der Waals surface area contributed by atoms with Gasteiger partial charge in [-0.15, -0.1) is 0 Å². The maximum absolute atomic E-state index is 12.2. The van der Waals surface area contributed by atoms with Crippen LogP contribution >= 0.6 is 0 Å². The summed E-state index contributed by atoms with van der Waals surface area (Å²) in [5.74, 6) is 1.58. The normalized spacial score (nSPS) is 60.2. The van der Waals surface area contributed by atoms with Crippen molar-refractivity contribution in [2.24, 2.45) is 50.7 Å². The number of aliphatic hydroxyl groups excluding tert-OH is 2. The van der Waals surface area contributed by atoms with Crippen LogP contribution in [0.25, 0.3) is 0 Å². The maximum Gasteiger partial charge on any atom is 0.108 e. The fraction of sp³-hybridized carbons (Fsp3) is 1.00. The van der Waals surface area contributed by atoms with E-state index in [1.165, 1.54) is 12.8 Å². The van der Waals surface area contributed by atoms with E-state index in [0.29, 0.717) is 23.2 Å². The minimum atomic E-state index is -1.24. The highest BCUT2D eigenvalue weighted by Gasteiger charge is 2.85. The van der Waals surface area contributed by atoms with E-state index in [2.05, 4.69) is 41.5 Å². The summed E-state index contributed by atoms with van der Waals surface area (Å²) in [7, 11) is 0. The number of aliphatic hydroxyl groups is 4. The average molecular weight is 505 g/mol. The molecule has 0 radical (unpaired) electrons. The van der Waals surface area contributed by atoms with Crippen LogP contribution in [-0.2, 0) is 4.74 Å². The van der Waals surface area contributed by atoms with Crippen molar-refractivity contribution in [3.05, 3.63) is 0 Å². The quantitative estimate of drug-likeness (QED) is 0.438. The Hall–Kier alpha value is -0.200. The third-order valence-electron chi connectivity index (χ3n) is 14.6. The zero-order valence-corrected chi connectivity index (χ0v) is 24.0. The zero-order valence-electron chi connectivity index (χ0n) is 24.0. The van der Waals surface area contributed by atoms with Crippen molar-refractivity contribution >= 4 is 0 Å². The van der Waals surface area contributed by atoms with Crippen molar-refractivity contribution in [1.82, 2.24) is 0 Å². The third kappa shape index (κ3) is 2.71. The van der Waals surface area contributed by atoms with E-state index in [4.69, 9.17) is 4.74 Å². The Bertz CT molecular complexity index is 938. The molecule has 5 heteroatoms. The molecule has 1 aliphatic heterocycles. The highest BCUT2D eigenvalue weighted by Crippen LogP contribution is 2.89. The smallest absolute Gasteiger partial charge is 0.108 e. The molecule has 2 spiro atoms. The van der Waals surface area contributed by atoms with Crippen molar-refractivity contribution < 1.29 is 25.2 Å². The van der Waals surface area contributed by atoms with Gasteiger partial charge in [-0.2, -0.15) is 0 Å². The standard InChI is InChI=1S/C31H52O5/c1-17-15-18(23(32)26(4,5)34)36-22-21(17)27(6)11-13-31-16-30(31)14-12-28(7,35)25(2,3)19(30)9-10-20(31)29(27,8)24(22)33/h17-24,32-35H,9-16H2,1-8H3/t17-,18-,19+,20+,21+,22+,23+,24+,27-,28?,29-,30-,31+/m1/s1. The molecule has 6 fully saturated rings. The highest BCUT2D eigenvalue weighted by atomic mass is 16.5. The maximum atomic E-state index is 12.2. The van der Waals surface area contributed by atoms with Crippen molar-refractivity contribution in [3.63, 3.8) is 0 Å². The van der Waals surface area contributed by atoms with Crippen LogP contribution in [0.2, 0.25) is 0 Å². The second-order valence-corrected chi connectivity index (χ2v) is 16.3. The lowest BCUT2D eigenvalue weighted by Gasteiger charge is -2.64.